The summed E-state index contributed by atoms with van der Waals surface area (Å²) in [5, 5.41) is 2.91. The summed E-state index contributed by atoms with van der Waals surface area (Å²) in [6, 6.07) is 20.9. The third-order valence-corrected chi connectivity index (χ3v) is 5.61. The lowest BCUT2D eigenvalue weighted by Gasteiger charge is -2.15. The fourth-order valence-corrected chi connectivity index (χ4v) is 3.83. The number of nitrogens with one attached hydrogen (secondary N) is 2. The number of ether oxygens (including phenoxy) is 2. The molecule has 0 unspecified atom stereocenters. The summed E-state index contributed by atoms with van der Waals surface area (Å²) < 4.78 is 12.4. The number of methoxy groups -OCH3 is 2. The fraction of sp³-hybridized carbons (Fsp3) is 0.192. The summed E-state index contributed by atoms with van der Waals surface area (Å²) >= 11 is 0. The van der Waals surface area contributed by atoms with Gasteiger partial charge in [0.2, 0.25) is 12.3 Å². The van der Waals surface area contributed by atoms with E-state index in [1.165, 1.54) is 0 Å². The predicted octanol–water partition coefficient (Wildman–Crippen LogP) is 3.03. The molecular weight excluding hydrogens is 418 g/mol. The van der Waals surface area contributed by atoms with Crippen LogP contribution in [0.4, 0.5) is 0 Å². The van der Waals surface area contributed by atoms with Crippen molar-refractivity contribution in [1.82, 2.24) is 10.7 Å². The first-order valence-electron chi connectivity index (χ1n) is 10.6. The van der Waals surface area contributed by atoms with Gasteiger partial charge in [-0.15, -0.1) is 10.1 Å². The molecule has 0 radical (unpaired) electrons. The van der Waals surface area contributed by atoms with E-state index in [0.717, 1.165) is 16.7 Å². The van der Waals surface area contributed by atoms with Crippen molar-refractivity contribution in [3.05, 3.63) is 95.1 Å². The van der Waals surface area contributed by atoms with E-state index in [2.05, 4.69) is 10.7 Å². The summed E-state index contributed by atoms with van der Waals surface area (Å²) in [6.07, 6.45) is 1.81. The van der Waals surface area contributed by atoms with E-state index in [9.17, 15) is 9.59 Å². The van der Waals surface area contributed by atoms with Crippen molar-refractivity contribution in [3.63, 3.8) is 0 Å². The van der Waals surface area contributed by atoms with Crippen LogP contribution in [0.25, 0.3) is 0 Å². The molecule has 0 spiro atoms. The Morgan fingerprint density at radius 2 is 1.67 bits per heavy atom. The van der Waals surface area contributed by atoms with Crippen molar-refractivity contribution < 1.29 is 23.7 Å². The van der Waals surface area contributed by atoms with Crippen LogP contribution in [0, 0.1) is 6.92 Å². The van der Waals surface area contributed by atoms with Gasteiger partial charge in [0.15, 0.2) is 6.04 Å². The molecule has 1 fully saturated rings. The smallest absolute Gasteiger partial charge is 0.304 e. The van der Waals surface area contributed by atoms with E-state index >= 15 is 0 Å². The fourth-order valence-electron chi connectivity index (χ4n) is 3.83. The highest BCUT2D eigenvalue weighted by Crippen LogP contribution is 2.28. The topological polar surface area (TPSA) is 79.7 Å². The van der Waals surface area contributed by atoms with Crippen molar-refractivity contribution in [3.8, 4) is 11.5 Å². The minimum Gasteiger partial charge on any atom is -0.497 e. The third kappa shape index (κ3) is 4.72. The molecule has 1 heterocycles. The van der Waals surface area contributed by atoms with Crippen LogP contribution in [-0.2, 0) is 4.79 Å². The van der Waals surface area contributed by atoms with E-state index in [-0.39, 0.29) is 11.8 Å². The van der Waals surface area contributed by atoms with Crippen LogP contribution in [0.3, 0.4) is 0 Å². The molecule has 0 saturated carbocycles. The van der Waals surface area contributed by atoms with Crippen LogP contribution in [0.2, 0.25) is 0 Å². The highest BCUT2D eigenvalue weighted by molar-refractivity contribution is 5.98. The summed E-state index contributed by atoms with van der Waals surface area (Å²) in [7, 11) is 3.20. The molecule has 33 heavy (non-hydrogen) atoms. The molecule has 4 rings (SSSR count). The van der Waals surface area contributed by atoms with E-state index in [0.29, 0.717) is 17.1 Å². The number of para-hydroxylation sites is 1. The van der Waals surface area contributed by atoms with Gasteiger partial charge in [-0.05, 0) is 55.5 Å². The monoisotopic (exact) mass is 444 g/mol. The number of hydrazine groups is 1. The van der Waals surface area contributed by atoms with Crippen LogP contribution in [0.1, 0.15) is 33.1 Å². The first kappa shape index (κ1) is 22.1. The molecule has 2 N–H and O–H groups in total. The van der Waals surface area contributed by atoms with Crippen LogP contribution >= 0.6 is 0 Å². The predicted molar refractivity (Wildman–Crippen MR) is 125 cm³/mol. The maximum Gasteiger partial charge on any atom is 0.304 e. The maximum atomic E-state index is 13.0. The van der Waals surface area contributed by atoms with E-state index in [4.69, 9.17) is 9.47 Å². The van der Waals surface area contributed by atoms with Gasteiger partial charge in [-0.2, -0.15) is 0 Å². The zero-order valence-corrected chi connectivity index (χ0v) is 18.7. The normalized spacial score (nSPS) is 18.6. The lowest BCUT2D eigenvalue weighted by molar-refractivity contribution is -0.596. The number of benzene rings is 3. The molecule has 2 amide bonds. The Bertz CT molecular complexity index is 1190. The van der Waals surface area contributed by atoms with Crippen molar-refractivity contribution in [2.75, 3.05) is 14.2 Å². The van der Waals surface area contributed by atoms with Gasteiger partial charge in [0.05, 0.1) is 19.8 Å². The van der Waals surface area contributed by atoms with Gasteiger partial charge in [0.25, 0.3) is 5.91 Å². The molecular formula is C26H26N3O4+. The second-order valence-corrected chi connectivity index (χ2v) is 7.79. The zero-order valence-electron chi connectivity index (χ0n) is 18.7. The minimum absolute atomic E-state index is 0.303. The molecule has 0 aliphatic carbocycles. The Morgan fingerprint density at radius 1 is 0.970 bits per heavy atom. The Balaban J connectivity index is 1.72. The molecule has 3 aromatic carbocycles. The van der Waals surface area contributed by atoms with Gasteiger partial charge in [0.1, 0.15) is 11.5 Å². The molecule has 168 valence electrons. The molecule has 7 heteroatoms. The maximum absolute atomic E-state index is 13.0. The van der Waals surface area contributed by atoms with Gasteiger partial charge in [-0.1, -0.05) is 29.8 Å². The number of aryl methyl sites for hydroxylation is 1. The standard InChI is InChI=1S/C26H25N3O4/c1-17-8-10-19(11-9-17)25(30)27-23-24(18-12-14-21(32-2)15-13-18)29(28-26(23)31)16-20-6-4-5-7-22(20)33-3/h4-16,23-24H,1-3H3,(H-,27,28,30,31)/p+1/b29-16-/t23-,24-/m1/s1. The molecule has 2 atom stereocenters. The second-order valence-electron chi connectivity index (χ2n) is 7.79. The number of hydrazone groups is 1. The number of carbonyl (C=O) groups is 2. The van der Waals surface area contributed by atoms with Crippen molar-refractivity contribution >= 4 is 18.0 Å². The Labute approximate surface area is 192 Å². The van der Waals surface area contributed by atoms with Crippen LogP contribution in [0.15, 0.2) is 72.8 Å². The van der Waals surface area contributed by atoms with Gasteiger partial charge in [0, 0.05) is 11.1 Å². The largest absolute Gasteiger partial charge is 0.497 e. The van der Waals surface area contributed by atoms with Gasteiger partial charge in [-0.25, -0.2) is 0 Å². The third-order valence-electron chi connectivity index (χ3n) is 5.61. The first-order chi connectivity index (χ1) is 16.0. The van der Waals surface area contributed by atoms with Crippen LogP contribution in [0.5, 0.6) is 11.5 Å². The summed E-state index contributed by atoms with van der Waals surface area (Å²) in [5.74, 6) is 0.763. The van der Waals surface area contributed by atoms with Crippen LogP contribution < -0.4 is 20.2 Å². The number of hydrogen-bond acceptors (Lipinski definition) is 4. The molecule has 0 bridgehead atoms. The summed E-state index contributed by atoms with van der Waals surface area (Å²) in [5.41, 5.74) is 6.07. The highest BCUT2D eigenvalue weighted by atomic mass is 16.5. The van der Waals surface area contributed by atoms with Crippen molar-refractivity contribution in [2.45, 2.75) is 19.0 Å². The molecule has 1 saturated heterocycles. The second kappa shape index (κ2) is 9.56. The molecule has 0 aromatic heterocycles. The SMILES string of the molecule is COc1ccc([C@@H]2[C@@H](NC(=O)c3ccc(C)cc3)C(=O)N/[N+]2=C\c2ccccc2OC)cc1. The number of rotatable bonds is 6. The van der Waals surface area contributed by atoms with E-state index < -0.39 is 12.1 Å². The van der Waals surface area contributed by atoms with E-state index in [1.807, 2.05) is 73.8 Å². The molecule has 1 aliphatic heterocycles. The van der Waals surface area contributed by atoms with Crippen molar-refractivity contribution in [2.24, 2.45) is 0 Å². The van der Waals surface area contributed by atoms with Gasteiger partial charge >= 0.3 is 5.91 Å². The molecule has 7 nitrogen and oxygen atoms in total. The first-order valence-corrected chi connectivity index (χ1v) is 10.6. The molecule has 3 aromatic rings. The van der Waals surface area contributed by atoms with Crippen molar-refractivity contribution in [1.29, 1.82) is 0 Å². The average Bonchev–Trinajstić information content (AvgIpc) is 3.14. The van der Waals surface area contributed by atoms with Gasteiger partial charge < -0.3 is 14.8 Å². The summed E-state index contributed by atoms with van der Waals surface area (Å²) in [6.45, 7) is 1.96. The van der Waals surface area contributed by atoms with Gasteiger partial charge in [-0.3, -0.25) is 9.59 Å². The Morgan fingerprint density at radius 3 is 2.33 bits per heavy atom. The summed E-state index contributed by atoms with van der Waals surface area (Å²) in [4.78, 5) is 26.0. The number of amides is 2. The lowest BCUT2D eigenvalue weighted by Crippen LogP contribution is -2.42. The zero-order chi connectivity index (χ0) is 23.4. The quantitative estimate of drug-likeness (QED) is 0.573. The van der Waals surface area contributed by atoms with E-state index in [1.54, 1.807) is 31.0 Å². The number of carbonyl (C=O) groups excluding carboxylic acids is 2. The lowest BCUT2D eigenvalue weighted by atomic mass is 9.99. The minimum atomic E-state index is -0.807. The van der Waals surface area contributed by atoms with Crippen LogP contribution in [-0.4, -0.2) is 43.0 Å². The Kier molecular flexibility index (Phi) is 6.40. The highest BCUT2D eigenvalue weighted by Gasteiger charge is 2.48. The number of hydrogen-bond donors (Lipinski definition) is 2. The average molecular weight is 445 g/mol. The molecule has 1 aliphatic rings. The Hall–Kier alpha value is -4.13. The number of nitrogens with zero attached hydrogens (tertiary/aromatic N) is 1.